The van der Waals surface area contributed by atoms with Gasteiger partial charge in [0, 0.05) is 4.88 Å². The summed E-state index contributed by atoms with van der Waals surface area (Å²) in [7, 11) is 1.58. The number of hydrogen-bond acceptors (Lipinski definition) is 7. The summed E-state index contributed by atoms with van der Waals surface area (Å²) in [5.41, 5.74) is 2.08. The highest BCUT2D eigenvalue weighted by atomic mass is 32.1. The fraction of sp³-hybridized carbons (Fsp3) is 0.500. The first kappa shape index (κ1) is 22.9. The van der Waals surface area contributed by atoms with Crippen molar-refractivity contribution in [2.45, 2.75) is 59.1 Å². The van der Waals surface area contributed by atoms with Crippen LogP contribution < -0.4 is 14.4 Å². The molecule has 1 amide bonds. The molecular weight excluding hydrogens is 452 g/mol. The first-order valence-electron chi connectivity index (χ1n) is 11.9. The SMILES string of the molecule is CCOc1ccc(C2C3=C(OC4CCC(C)CC4C3=O)C(=O)N2c2nc(C)c(C)s2)cc1OC. The second-order valence-electron chi connectivity index (χ2n) is 9.35. The zero-order chi connectivity index (χ0) is 24.1. The Balaban J connectivity index is 1.65. The zero-order valence-electron chi connectivity index (χ0n) is 20.2. The number of hydrogen-bond donors (Lipinski definition) is 0. The maximum Gasteiger partial charge on any atom is 0.296 e. The molecule has 0 radical (unpaired) electrons. The lowest BCUT2D eigenvalue weighted by molar-refractivity contribution is -0.132. The number of ketones is 1. The van der Waals surface area contributed by atoms with Crippen molar-refractivity contribution >= 4 is 28.2 Å². The van der Waals surface area contributed by atoms with Gasteiger partial charge < -0.3 is 14.2 Å². The molecule has 7 nitrogen and oxygen atoms in total. The van der Waals surface area contributed by atoms with E-state index in [0.29, 0.717) is 34.7 Å². The van der Waals surface area contributed by atoms with Crippen molar-refractivity contribution in [3.63, 3.8) is 0 Å². The van der Waals surface area contributed by atoms with Gasteiger partial charge in [0.15, 0.2) is 28.2 Å². The van der Waals surface area contributed by atoms with Gasteiger partial charge in [0.2, 0.25) is 0 Å². The molecule has 0 spiro atoms. The summed E-state index contributed by atoms with van der Waals surface area (Å²) in [4.78, 5) is 35.0. The van der Waals surface area contributed by atoms with Gasteiger partial charge in [0.25, 0.3) is 5.91 Å². The molecule has 1 fully saturated rings. The molecule has 180 valence electrons. The molecular formula is C26H30N2O5S. The van der Waals surface area contributed by atoms with Crippen LogP contribution in [-0.4, -0.2) is 36.5 Å². The highest BCUT2D eigenvalue weighted by Crippen LogP contribution is 2.50. The molecule has 8 heteroatoms. The van der Waals surface area contributed by atoms with Gasteiger partial charge in [-0.15, -0.1) is 11.3 Å². The number of fused-ring (bicyclic) bond motifs is 1. The number of benzene rings is 1. The fourth-order valence-electron chi connectivity index (χ4n) is 5.28. The summed E-state index contributed by atoms with van der Waals surface area (Å²) < 4.78 is 17.6. The Hall–Kier alpha value is -2.87. The van der Waals surface area contributed by atoms with E-state index < -0.39 is 6.04 Å². The number of anilines is 1. The highest BCUT2D eigenvalue weighted by Gasteiger charge is 2.53. The second kappa shape index (κ2) is 8.73. The van der Waals surface area contributed by atoms with Crippen LogP contribution in [0.5, 0.6) is 11.5 Å². The van der Waals surface area contributed by atoms with E-state index in [1.54, 1.807) is 12.0 Å². The van der Waals surface area contributed by atoms with Crippen LogP contribution in [0.4, 0.5) is 5.13 Å². The normalized spacial score (nSPS) is 26.3. The Morgan fingerprint density at radius 2 is 2.00 bits per heavy atom. The largest absolute Gasteiger partial charge is 0.493 e. The molecule has 1 saturated carbocycles. The Kier molecular flexibility index (Phi) is 5.88. The lowest BCUT2D eigenvalue weighted by Gasteiger charge is -2.37. The zero-order valence-corrected chi connectivity index (χ0v) is 21.0. The van der Waals surface area contributed by atoms with E-state index in [0.717, 1.165) is 35.4 Å². The monoisotopic (exact) mass is 482 g/mol. The summed E-state index contributed by atoms with van der Waals surface area (Å²) in [5, 5.41) is 0.569. The van der Waals surface area contributed by atoms with Crippen molar-refractivity contribution in [1.82, 2.24) is 4.98 Å². The van der Waals surface area contributed by atoms with Crippen molar-refractivity contribution in [2.75, 3.05) is 18.6 Å². The number of thiazole rings is 1. The van der Waals surface area contributed by atoms with Crippen LogP contribution in [0.3, 0.4) is 0 Å². The number of carbonyl (C=O) groups is 2. The Morgan fingerprint density at radius 3 is 2.68 bits per heavy atom. The minimum Gasteiger partial charge on any atom is -0.493 e. The number of aromatic nitrogens is 1. The maximum atomic E-state index is 13.9. The van der Waals surface area contributed by atoms with Gasteiger partial charge in [-0.25, -0.2) is 4.98 Å². The molecule has 4 atom stereocenters. The predicted molar refractivity (Wildman–Crippen MR) is 129 cm³/mol. The van der Waals surface area contributed by atoms with Crippen LogP contribution in [-0.2, 0) is 14.3 Å². The molecule has 1 aliphatic carbocycles. The van der Waals surface area contributed by atoms with Crippen LogP contribution >= 0.6 is 11.3 Å². The molecule has 3 heterocycles. The minimum atomic E-state index is -0.622. The van der Waals surface area contributed by atoms with Crippen LogP contribution in [0.1, 0.15) is 55.3 Å². The third-order valence-electron chi connectivity index (χ3n) is 7.14. The van der Waals surface area contributed by atoms with E-state index in [-0.39, 0.29) is 29.5 Å². The van der Waals surface area contributed by atoms with E-state index in [4.69, 9.17) is 14.2 Å². The molecule has 3 aliphatic rings. The molecule has 1 aromatic heterocycles. The summed E-state index contributed by atoms with van der Waals surface area (Å²) in [5.74, 6) is 1.32. The highest BCUT2D eigenvalue weighted by molar-refractivity contribution is 7.15. The molecule has 2 aliphatic heterocycles. The third kappa shape index (κ3) is 3.59. The average molecular weight is 483 g/mol. The van der Waals surface area contributed by atoms with Crippen LogP contribution in [0, 0.1) is 25.7 Å². The van der Waals surface area contributed by atoms with Crippen LogP contribution in [0.2, 0.25) is 0 Å². The van der Waals surface area contributed by atoms with Crippen molar-refractivity contribution < 1.29 is 23.8 Å². The van der Waals surface area contributed by atoms with Crippen molar-refractivity contribution in [2.24, 2.45) is 11.8 Å². The van der Waals surface area contributed by atoms with Gasteiger partial charge in [-0.05, 0) is 63.6 Å². The molecule has 34 heavy (non-hydrogen) atoms. The summed E-state index contributed by atoms with van der Waals surface area (Å²) in [6, 6.07) is 4.95. The van der Waals surface area contributed by atoms with Gasteiger partial charge in [-0.1, -0.05) is 13.0 Å². The summed E-state index contributed by atoms with van der Waals surface area (Å²) in [6.45, 7) is 8.50. The minimum absolute atomic E-state index is 0.0245. The number of amides is 1. The smallest absolute Gasteiger partial charge is 0.296 e. The molecule has 0 saturated heterocycles. The number of ether oxygens (including phenoxy) is 3. The van der Waals surface area contributed by atoms with Crippen molar-refractivity contribution in [3.05, 3.63) is 45.7 Å². The maximum absolute atomic E-state index is 13.9. The van der Waals surface area contributed by atoms with E-state index in [2.05, 4.69) is 11.9 Å². The number of Topliss-reactive ketones (excluding diaryl/α,β-unsaturated/α-hetero) is 1. The van der Waals surface area contributed by atoms with Gasteiger partial charge in [-0.2, -0.15) is 0 Å². The standard InChI is InChI=1S/C26H30N2O5S/c1-6-32-19-10-8-16(12-20(19)31-5)22-21-23(29)17-11-13(2)7-9-18(17)33-24(21)25(30)28(22)26-27-14(3)15(4)34-26/h8,10,12-13,17-18,22H,6-7,9,11H2,1-5H3. The first-order chi connectivity index (χ1) is 16.3. The summed E-state index contributed by atoms with van der Waals surface area (Å²) in [6.07, 6.45) is 2.34. The number of nitrogens with zero attached hydrogens (tertiary/aromatic N) is 2. The first-order valence-corrected chi connectivity index (χ1v) is 12.7. The van der Waals surface area contributed by atoms with Crippen molar-refractivity contribution in [1.29, 1.82) is 0 Å². The lowest BCUT2D eigenvalue weighted by atomic mass is 9.74. The van der Waals surface area contributed by atoms with E-state index in [1.165, 1.54) is 11.3 Å². The predicted octanol–water partition coefficient (Wildman–Crippen LogP) is 4.91. The Morgan fingerprint density at radius 1 is 1.21 bits per heavy atom. The molecule has 0 bridgehead atoms. The van der Waals surface area contributed by atoms with Gasteiger partial charge in [0.1, 0.15) is 6.10 Å². The van der Waals surface area contributed by atoms with Gasteiger partial charge >= 0.3 is 0 Å². The third-order valence-corrected chi connectivity index (χ3v) is 8.21. The molecule has 2 aromatic rings. The van der Waals surface area contributed by atoms with E-state index >= 15 is 0 Å². The fourth-order valence-corrected chi connectivity index (χ4v) is 6.21. The topological polar surface area (TPSA) is 78.0 Å². The lowest BCUT2D eigenvalue weighted by Crippen LogP contribution is -2.41. The quantitative estimate of drug-likeness (QED) is 0.602. The number of methoxy groups -OCH3 is 1. The van der Waals surface area contributed by atoms with Gasteiger partial charge in [-0.3, -0.25) is 14.5 Å². The average Bonchev–Trinajstić information content (AvgIpc) is 3.30. The molecule has 5 rings (SSSR count). The van der Waals surface area contributed by atoms with E-state index in [9.17, 15) is 9.59 Å². The van der Waals surface area contributed by atoms with Crippen LogP contribution in [0.15, 0.2) is 29.5 Å². The van der Waals surface area contributed by atoms with Gasteiger partial charge in [0.05, 0.1) is 36.9 Å². The second-order valence-corrected chi connectivity index (χ2v) is 10.5. The van der Waals surface area contributed by atoms with E-state index in [1.807, 2.05) is 39.0 Å². The van der Waals surface area contributed by atoms with Crippen molar-refractivity contribution in [3.8, 4) is 11.5 Å². The van der Waals surface area contributed by atoms with Crippen LogP contribution in [0.25, 0.3) is 0 Å². The Labute approximate surface area is 203 Å². The Bertz CT molecular complexity index is 1170. The number of aryl methyl sites for hydroxylation is 2. The molecule has 4 unspecified atom stereocenters. The molecule has 0 N–H and O–H groups in total. The molecule has 1 aromatic carbocycles. The number of rotatable bonds is 5. The summed E-state index contributed by atoms with van der Waals surface area (Å²) >= 11 is 1.45. The number of carbonyl (C=O) groups excluding carboxylic acids is 2.